The SMILES string of the molecule is O=C(O)c1nn(CC2CCOCC2)c(C(=O)O)c1[N+](=O)[O-]. The number of hydrogen-bond donors (Lipinski definition) is 2. The zero-order valence-corrected chi connectivity index (χ0v) is 10.9. The van der Waals surface area contributed by atoms with E-state index in [1.54, 1.807) is 0 Å². The van der Waals surface area contributed by atoms with Crippen molar-refractivity contribution in [1.82, 2.24) is 9.78 Å². The second-order valence-electron chi connectivity index (χ2n) is 4.65. The van der Waals surface area contributed by atoms with Crippen molar-refractivity contribution in [1.29, 1.82) is 0 Å². The van der Waals surface area contributed by atoms with Crippen LogP contribution < -0.4 is 0 Å². The molecule has 2 heterocycles. The highest BCUT2D eigenvalue weighted by atomic mass is 16.6. The maximum absolute atomic E-state index is 11.2. The third-order valence-electron chi connectivity index (χ3n) is 3.29. The molecule has 0 aliphatic carbocycles. The van der Waals surface area contributed by atoms with Crippen LogP contribution in [-0.4, -0.2) is 50.1 Å². The standard InChI is InChI=1S/C11H13N3O7/c15-10(16)7-8(14(19)20)9(11(17)18)13(12-7)5-6-1-3-21-4-2-6/h6H,1-5H2,(H,15,16)(H,17,18). The second-order valence-corrected chi connectivity index (χ2v) is 4.65. The van der Waals surface area contributed by atoms with E-state index in [0.29, 0.717) is 26.1 Å². The van der Waals surface area contributed by atoms with Gasteiger partial charge in [-0.2, -0.15) is 5.10 Å². The van der Waals surface area contributed by atoms with E-state index < -0.39 is 33.9 Å². The molecule has 1 aliphatic heterocycles. The summed E-state index contributed by atoms with van der Waals surface area (Å²) in [5.74, 6) is -3.17. The van der Waals surface area contributed by atoms with Gasteiger partial charge >= 0.3 is 17.6 Å². The van der Waals surface area contributed by atoms with E-state index in [2.05, 4.69) is 5.10 Å². The van der Waals surface area contributed by atoms with Gasteiger partial charge in [-0.3, -0.25) is 14.8 Å². The first kappa shape index (κ1) is 14.9. The van der Waals surface area contributed by atoms with Crippen molar-refractivity contribution in [2.45, 2.75) is 19.4 Å². The van der Waals surface area contributed by atoms with Gasteiger partial charge in [-0.15, -0.1) is 0 Å². The van der Waals surface area contributed by atoms with Crippen molar-refractivity contribution >= 4 is 17.6 Å². The first-order valence-corrected chi connectivity index (χ1v) is 6.21. The van der Waals surface area contributed by atoms with Crippen molar-refractivity contribution < 1.29 is 29.5 Å². The van der Waals surface area contributed by atoms with Crippen LogP contribution in [0.25, 0.3) is 0 Å². The molecule has 0 radical (unpaired) electrons. The number of rotatable bonds is 5. The monoisotopic (exact) mass is 299 g/mol. The first-order valence-electron chi connectivity index (χ1n) is 6.21. The summed E-state index contributed by atoms with van der Waals surface area (Å²) < 4.78 is 6.07. The molecular weight excluding hydrogens is 286 g/mol. The number of aromatic carboxylic acids is 2. The molecule has 0 bridgehead atoms. The zero-order valence-electron chi connectivity index (χ0n) is 10.9. The Morgan fingerprint density at radius 3 is 2.43 bits per heavy atom. The number of carboxylic acid groups (broad SMARTS) is 2. The molecule has 0 spiro atoms. The second kappa shape index (κ2) is 5.87. The van der Waals surface area contributed by atoms with Gasteiger partial charge in [0.15, 0.2) is 0 Å². The van der Waals surface area contributed by atoms with E-state index in [9.17, 15) is 19.7 Å². The van der Waals surface area contributed by atoms with Crippen molar-refractivity contribution in [3.05, 3.63) is 21.5 Å². The highest BCUT2D eigenvalue weighted by molar-refractivity contribution is 5.98. The van der Waals surface area contributed by atoms with E-state index in [-0.39, 0.29) is 12.5 Å². The van der Waals surface area contributed by atoms with E-state index in [1.165, 1.54) is 0 Å². The highest BCUT2D eigenvalue weighted by Crippen LogP contribution is 2.26. The summed E-state index contributed by atoms with van der Waals surface area (Å²) in [5, 5.41) is 32.6. The average Bonchev–Trinajstić information content (AvgIpc) is 2.79. The molecule has 0 atom stereocenters. The largest absolute Gasteiger partial charge is 0.476 e. The minimum absolute atomic E-state index is 0.0398. The van der Waals surface area contributed by atoms with Gasteiger partial charge < -0.3 is 14.9 Å². The predicted octanol–water partition coefficient (Wildman–Crippen LogP) is 0.614. The molecule has 0 unspecified atom stereocenters. The third kappa shape index (κ3) is 2.99. The maximum atomic E-state index is 11.2. The van der Waals surface area contributed by atoms with Crippen LogP contribution in [-0.2, 0) is 11.3 Å². The lowest BCUT2D eigenvalue weighted by molar-refractivity contribution is -0.385. The van der Waals surface area contributed by atoms with Crippen LogP contribution in [0.4, 0.5) is 5.69 Å². The number of hydrogen-bond acceptors (Lipinski definition) is 6. The van der Waals surface area contributed by atoms with Gasteiger partial charge in [0.05, 0.1) is 4.92 Å². The molecule has 0 amide bonds. The molecule has 10 heteroatoms. The summed E-state index contributed by atoms with van der Waals surface area (Å²) in [5.41, 5.74) is -2.55. The topological polar surface area (TPSA) is 145 Å². The summed E-state index contributed by atoms with van der Waals surface area (Å²) >= 11 is 0. The molecule has 10 nitrogen and oxygen atoms in total. The van der Waals surface area contributed by atoms with Crippen molar-refractivity contribution in [3.63, 3.8) is 0 Å². The highest BCUT2D eigenvalue weighted by Gasteiger charge is 2.36. The molecule has 1 saturated heterocycles. The molecular formula is C11H13N3O7. The molecule has 114 valence electrons. The van der Waals surface area contributed by atoms with Crippen LogP contribution in [0.15, 0.2) is 0 Å². The lowest BCUT2D eigenvalue weighted by atomic mass is 10.0. The molecule has 0 aromatic carbocycles. The van der Waals surface area contributed by atoms with E-state index in [1.807, 2.05) is 0 Å². The minimum Gasteiger partial charge on any atom is -0.476 e. The Labute approximate surface area is 118 Å². The van der Waals surface area contributed by atoms with Gasteiger partial charge in [-0.05, 0) is 18.8 Å². The van der Waals surface area contributed by atoms with Crippen LogP contribution in [0, 0.1) is 16.0 Å². The Kier molecular flexibility index (Phi) is 4.17. The van der Waals surface area contributed by atoms with E-state index >= 15 is 0 Å². The number of aromatic nitrogens is 2. The number of nitro groups is 1. The molecule has 1 fully saturated rings. The Hall–Kier alpha value is -2.49. The van der Waals surface area contributed by atoms with Crippen molar-refractivity contribution in [3.8, 4) is 0 Å². The van der Waals surface area contributed by atoms with Gasteiger partial charge in [0, 0.05) is 19.8 Å². The van der Waals surface area contributed by atoms with Gasteiger partial charge in [-0.1, -0.05) is 0 Å². The minimum atomic E-state index is -1.63. The summed E-state index contributed by atoms with van der Waals surface area (Å²) in [6.45, 7) is 1.14. The number of ether oxygens (including phenoxy) is 1. The fraction of sp³-hybridized carbons (Fsp3) is 0.545. The lowest BCUT2D eigenvalue weighted by Gasteiger charge is -2.21. The Bertz CT molecular complexity index is 589. The quantitative estimate of drug-likeness (QED) is 0.594. The summed E-state index contributed by atoms with van der Waals surface area (Å²) in [7, 11) is 0. The number of carboxylic acids is 2. The first-order chi connectivity index (χ1) is 9.91. The fourth-order valence-corrected chi connectivity index (χ4v) is 2.29. The summed E-state index contributed by atoms with van der Waals surface area (Å²) in [6, 6.07) is 0. The molecule has 1 aromatic rings. The molecule has 2 rings (SSSR count). The molecule has 2 N–H and O–H groups in total. The normalized spacial score (nSPS) is 15.8. The lowest BCUT2D eigenvalue weighted by Crippen LogP contribution is -2.23. The molecule has 1 aromatic heterocycles. The summed E-state index contributed by atoms with van der Waals surface area (Å²) in [4.78, 5) is 32.2. The fourth-order valence-electron chi connectivity index (χ4n) is 2.29. The molecule has 1 aliphatic rings. The van der Waals surface area contributed by atoms with Gasteiger partial charge in [0.2, 0.25) is 11.4 Å². The van der Waals surface area contributed by atoms with Gasteiger partial charge in [0.25, 0.3) is 0 Å². The smallest absolute Gasteiger partial charge is 0.363 e. The Balaban J connectivity index is 2.44. The third-order valence-corrected chi connectivity index (χ3v) is 3.29. The maximum Gasteiger partial charge on any atom is 0.363 e. The van der Waals surface area contributed by atoms with E-state index in [4.69, 9.17) is 14.9 Å². The predicted molar refractivity (Wildman–Crippen MR) is 66.3 cm³/mol. The van der Waals surface area contributed by atoms with Crippen LogP contribution in [0.3, 0.4) is 0 Å². The van der Waals surface area contributed by atoms with Gasteiger partial charge in [0.1, 0.15) is 0 Å². The molecule has 0 saturated carbocycles. The Morgan fingerprint density at radius 1 is 1.33 bits per heavy atom. The number of carbonyl (C=O) groups is 2. The van der Waals surface area contributed by atoms with Crippen LogP contribution >= 0.6 is 0 Å². The average molecular weight is 299 g/mol. The van der Waals surface area contributed by atoms with Crippen LogP contribution in [0.5, 0.6) is 0 Å². The van der Waals surface area contributed by atoms with Crippen molar-refractivity contribution in [2.75, 3.05) is 13.2 Å². The van der Waals surface area contributed by atoms with Crippen LogP contribution in [0.1, 0.15) is 33.8 Å². The van der Waals surface area contributed by atoms with E-state index in [0.717, 1.165) is 4.68 Å². The number of nitrogens with zero attached hydrogens (tertiary/aromatic N) is 3. The van der Waals surface area contributed by atoms with Crippen LogP contribution in [0.2, 0.25) is 0 Å². The zero-order chi connectivity index (χ0) is 15.6. The Morgan fingerprint density at radius 2 is 1.95 bits per heavy atom. The molecule has 21 heavy (non-hydrogen) atoms. The van der Waals surface area contributed by atoms with Crippen molar-refractivity contribution in [2.24, 2.45) is 5.92 Å². The summed E-state index contributed by atoms with van der Waals surface area (Å²) in [6.07, 6.45) is 1.32. The van der Waals surface area contributed by atoms with Gasteiger partial charge in [-0.25, -0.2) is 9.59 Å².